The van der Waals surface area contributed by atoms with Crippen molar-refractivity contribution in [3.63, 3.8) is 0 Å². The minimum Gasteiger partial charge on any atom is -0.507 e. The number of amides is 1. The quantitative estimate of drug-likeness (QED) is 0.352. The molecule has 1 unspecified atom stereocenters. The van der Waals surface area contributed by atoms with Crippen LogP contribution in [0.15, 0.2) is 76.9 Å². The van der Waals surface area contributed by atoms with Gasteiger partial charge in [-0.15, -0.1) is 0 Å². The van der Waals surface area contributed by atoms with Crippen molar-refractivity contribution in [2.45, 2.75) is 12.6 Å². The highest BCUT2D eigenvalue weighted by atomic mass is 35.5. The van der Waals surface area contributed by atoms with Crippen molar-refractivity contribution in [2.24, 2.45) is 0 Å². The molecular formula is C22H15Cl2NO4. The van der Waals surface area contributed by atoms with Crippen molar-refractivity contribution >= 4 is 40.7 Å². The number of halogens is 2. The van der Waals surface area contributed by atoms with E-state index < -0.39 is 17.7 Å². The molecule has 2 aromatic carbocycles. The van der Waals surface area contributed by atoms with Gasteiger partial charge in [0.1, 0.15) is 11.5 Å². The lowest BCUT2D eigenvalue weighted by Crippen LogP contribution is -2.29. The first kappa shape index (κ1) is 19.3. The summed E-state index contributed by atoms with van der Waals surface area (Å²) in [4.78, 5) is 27.1. The van der Waals surface area contributed by atoms with Crippen LogP contribution in [0.5, 0.6) is 0 Å². The standard InChI is InChI=1S/C22H15Cl2NO4/c23-16-9-8-14(11-17(16)24)19-18(20(26)13-5-2-1-3-6-13)21(27)22(28)25(19)12-15-7-4-10-29-15/h1-11,19,26H,12H2/b20-18-. The lowest BCUT2D eigenvalue weighted by Gasteiger charge is -2.24. The number of rotatable bonds is 4. The maximum absolute atomic E-state index is 12.9. The Kier molecular flexibility index (Phi) is 5.18. The number of benzene rings is 2. The molecule has 2 heterocycles. The van der Waals surface area contributed by atoms with E-state index in [9.17, 15) is 14.7 Å². The number of aliphatic hydroxyl groups excluding tert-OH is 1. The Morgan fingerprint density at radius 2 is 1.76 bits per heavy atom. The second-order valence-corrected chi connectivity index (χ2v) is 7.36. The number of hydrogen-bond donors (Lipinski definition) is 1. The molecule has 4 rings (SSSR count). The summed E-state index contributed by atoms with van der Waals surface area (Å²) in [6.45, 7) is 0.0635. The van der Waals surface area contributed by atoms with Gasteiger partial charge in [-0.2, -0.15) is 0 Å². The zero-order chi connectivity index (χ0) is 20.5. The van der Waals surface area contributed by atoms with E-state index in [2.05, 4.69) is 0 Å². The van der Waals surface area contributed by atoms with E-state index in [0.29, 0.717) is 21.9 Å². The lowest BCUT2D eigenvalue weighted by atomic mass is 9.95. The van der Waals surface area contributed by atoms with E-state index in [0.717, 1.165) is 0 Å². The van der Waals surface area contributed by atoms with Crippen LogP contribution >= 0.6 is 23.2 Å². The third-order valence-electron chi connectivity index (χ3n) is 4.75. The van der Waals surface area contributed by atoms with E-state index >= 15 is 0 Å². The Hall–Kier alpha value is -3.02. The maximum atomic E-state index is 12.9. The molecule has 146 valence electrons. The van der Waals surface area contributed by atoms with Crippen LogP contribution in [-0.4, -0.2) is 21.7 Å². The van der Waals surface area contributed by atoms with E-state index in [-0.39, 0.29) is 22.9 Å². The van der Waals surface area contributed by atoms with Gasteiger partial charge in [0.2, 0.25) is 0 Å². The van der Waals surface area contributed by atoms with Crippen molar-refractivity contribution in [3.05, 3.63) is 99.4 Å². The zero-order valence-electron chi connectivity index (χ0n) is 15.0. The van der Waals surface area contributed by atoms with Crippen LogP contribution in [0, 0.1) is 0 Å². The van der Waals surface area contributed by atoms with Gasteiger partial charge in [-0.1, -0.05) is 59.6 Å². The number of hydrogen-bond acceptors (Lipinski definition) is 4. The fourth-order valence-electron chi connectivity index (χ4n) is 3.39. The number of furan rings is 1. The van der Waals surface area contributed by atoms with Crippen LogP contribution < -0.4 is 0 Å². The first-order valence-electron chi connectivity index (χ1n) is 8.78. The summed E-state index contributed by atoms with van der Waals surface area (Å²) in [5, 5.41) is 11.5. The smallest absolute Gasteiger partial charge is 0.296 e. The number of aliphatic hydroxyl groups is 1. The van der Waals surface area contributed by atoms with Crippen molar-refractivity contribution in [3.8, 4) is 0 Å². The number of nitrogens with zero attached hydrogens (tertiary/aromatic N) is 1. The third kappa shape index (κ3) is 3.55. The summed E-state index contributed by atoms with van der Waals surface area (Å²) >= 11 is 12.2. The first-order chi connectivity index (χ1) is 14.0. The van der Waals surface area contributed by atoms with Gasteiger partial charge in [0.25, 0.3) is 11.7 Å². The Bertz CT molecular complexity index is 1110. The largest absolute Gasteiger partial charge is 0.507 e. The number of likely N-dealkylation sites (tertiary alicyclic amines) is 1. The molecule has 0 aliphatic carbocycles. The minimum absolute atomic E-state index is 0.00820. The highest BCUT2D eigenvalue weighted by Crippen LogP contribution is 2.41. The van der Waals surface area contributed by atoms with E-state index in [1.54, 1.807) is 60.7 Å². The summed E-state index contributed by atoms with van der Waals surface area (Å²) in [6, 6.07) is 16.0. The molecule has 1 aliphatic rings. The monoisotopic (exact) mass is 427 g/mol. The molecule has 0 saturated carbocycles. The second kappa shape index (κ2) is 7.78. The molecule has 1 aliphatic heterocycles. The fourth-order valence-corrected chi connectivity index (χ4v) is 3.70. The summed E-state index contributed by atoms with van der Waals surface area (Å²) in [7, 11) is 0. The van der Waals surface area contributed by atoms with E-state index in [4.69, 9.17) is 27.6 Å². The first-order valence-corrected chi connectivity index (χ1v) is 9.54. The maximum Gasteiger partial charge on any atom is 0.296 e. The summed E-state index contributed by atoms with van der Waals surface area (Å²) in [5.74, 6) is -1.23. The Morgan fingerprint density at radius 1 is 1.00 bits per heavy atom. The van der Waals surface area contributed by atoms with Gasteiger partial charge in [-0.3, -0.25) is 9.59 Å². The Labute approximate surface area is 176 Å². The fraction of sp³-hybridized carbons (Fsp3) is 0.0909. The van der Waals surface area contributed by atoms with Crippen molar-refractivity contribution in [1.82, 2.24) is 4.90 Å². The molecule has 1 aromatic heterocycles. The normalized spacial score (nSPS) is 18.4. The van der Waals surface area contributed by atoms with Gasteiger partial charge >= 0.3 is 0 Å². The van der Waals surface area contributed by atoms with Crippen LogP contribution in [0.4, 0.5) is 0 Å². The zero-order valence-corrected chi connectivity index (χ0v) is 16.5. The molecule has 0 bridgehead atoms. The molecule has 1 amide bonds. The van der Waals surface area contributed by atoms with Crippen LogP contribution in [0.2, 0.25) is 10.0 Å². The Morgan fingerprint density at radius 3 is 2.41 bits per heavy atom. The minimum atomic E-state index is -0.838. The van der Waals surface area contributed by atoms with Gasteiger partial charge in [0.15, 0.2) is 0 Å². The molecule has 1 fully saturated rings. The van der Waals surface area contributed by atoms with Gasteiger partial charge < -0.3 is 14.4 Å². The van der Waals surface area contributed by atoms with Gasteiger partial charge in [0, 0.05) is 5.56 Å². The molecule has 1 saturated heterocycles. The average molecular weight is 428 g/mol. The van der Waals surface area contributed by atoms with Crippen LogP contribution in [-0.2, 0) is 16.1 Å². The van der Waals surface area contributed by atoms with Crippen molar-refractivity contribution < 1.29 is 19.1 Å². The predicted octanol–water partition coefficient (Wildman–Crippen LogP) is 5.21. The van der Waals surface area contributed by atoms with Crippen molar-refractivity contribution in [2.75, 3.05) is 0 Å². The molecule has 0 radical (unpaired) electrons. The third-order valence-corrected chi connectivity index (χ3v) is 5.49. The molecular weight excluding hydrogens is 413 g/mol. The summed E-state index contributed by atoms with van der Waals surface area (Å²) in [6.07, 6.45) is 1.49. The summed E-state index contributed by atoms with van der Waals surface area (Å²) < 4.78 is 5.36. The number of ketones is 1. The highest BCUT2D eigenvalue weighted by molar-refractivity contribution is 6.46. The lowest BCUT2D eigenvalue weighted by molar-refractivity contribution is -0.140. The molecule has 1 atom stereocenters. The molecule has 1 N–H and O–H groups in total. The van der Waals surface area contributed by atoms with Crippen molar-refractivity contribution in [1.29, 1.82) is 0 Å². The SMILES string of the molecule is O=C1C(=O)N(Cc2ccco2)C(c2ccc(Cl)c(Cl)c2)/C1=C(/O)c1ccccc1. The second-order valence-electron chi connectivity index (χ2n) is 6.55. The average Bonchev–Trinajstić information content (AvgIpc) is 3.33. The number of Topliss-reactive ketones (excluding diaryl/α,β-unsaturated/α-hetero) is 1. The van der Waals surface area contributed by atoms with Crippen LogP contribution in [0.25, 0.3) is 5.76 Å². The van der Waals surface area contributed by atoms with E-state index in [1.807, 2.05) is 0 Å². The van der Waals surface area contributed by atoms with Crippen LogP contribution in [0.3, 0.4) is 0 Å². The molecule has 3 aromatic rings. The topological polar surface area (TPSA) is 70.8 Å². The molecule has 7 heteroatoms. The molecule has 0 spiro atoms. The van der Waals surface area contributed by atoms with E-state index in [1.165, 1.54) is 11.2 Å². The summed E-state index contributed by atoms with van der Waals surface area (Å²) in [5.41, 5.74) is 0.988. The Balaban J connectivity index is 1.89. The van der Waals surface area contributed by atoms with Gasteiger partial charge in [0.05, 0.1) is 34.5 Å². The number of carbonyl (C=O) groups excluding carboxylic acids is 2. The highest BCUT2D eigenvalue weighted by Gasteiger charge is 2.46. The van der Waals surface area contributed by atoms with Gasteiger partial charge in [-0.05, 0) is 29.8 Å². The number of carbonyl (C=O) groups is 2. The van der Waals surface area contributed by atoms with Crippen LogP contribution in [0.1, 0.15) is 22.9 Å². The molecule has 5 nitrogen and oxygen atoms in total. The van der Waals surface area contributed by atoms with Gasteiger partial charge in [-0.25, -0.2) is 0 Å². The predicted molar refractivity (Wildman–Crippen MR) is 109 cm³/mol. The molecule has 29 heavy (non-hydrogen) atoms.